The number of hydrogen-bond acceptors (Lipinski definition) is 5. The highest BCUT2D eigenvalue weighted by atomic mass is 32.1. The molecule has 114 valence electrons. The standard InChI is InChI=1S/C17H14N4OS/c1-10(2)15-20-12-13-16(19-9-8-18-13)23-14(12)17(22)21(15)11-6-4-3-5-7-11/h3-10H,1-2H3. The third kappa shape index (κ3) is 2.14. The summed E-state index contributed by atoms with van der Waals surface area (Å²) in [5.74, 6) is 0.845. The van der Waals surface area contributed by atoms with E-state index in [4.69, 9.17) is 4.98 Å². The molecule has 0 saturated heterocycles. The minimum Gasteiger partial charge on any atom is -0.267 e. The van der Waals surface area contributed by atoms with Crippen LogP contribution in [0.2, 0.25) is 0 Å². The van der Waals surface area contributed by atoms with Crippen LogP contribution >= 0.6 is 11.3 Å². The molecule has 5 nitrogen and oxygen atoms in total. The van der Waals surface area contributed by atoms with Crippen molar-refractivity contribution in [2.24, 2.45) is 0 Å². The monoisotopic (exact) mass is 322 g/mol. The Labute approximate surface area is 136 Å². The van der Waals surface area contributed by atoms with Crippen LogP contribution in [-0.4, -0.2) is 19.5 Å². The number of fused-ring (bicyclic) bond motifs is 3. The molecule has 0 unspecified atom stereocenters. The fourth-order valence-corrected chi connectivity index (χ4v) is 3.62. The molecule has 0 aliphatic rings. The Kier molecular flexibility index (Phi) is 3.20. The molecule has 0 N–H and O–H groups in total. The van der Waals surface area contributed by atoms with Gasteiger partial charge >= 0.3 is 0 Å². The van der Waals surface area contributed by atoms with E-state index in [1.54, 1.807) is 17.0 Å². The van der Waals surface area contributed by atoms with E-state index in [-0.39, 0.29) is 11.5 Å². The first kappa shape index (κ1) is 14.0. The first-order chi connectivity index (χ1) is 11.2. The van der Waals surface area contributed by atoms with E-state index in [1.807, 2.05) is 44.2 Å². The number of para-hydroxylation sites is 1. The van der Waals surface area contributed by atoms with E-state index in [2.05, 4.69) is 9.97 Å². The highest BCUT2D eigenvalue weighted by molar-refractivity contribution is 7.25. The van der Waals surface area contributed by atoms with Crippen molar-refractivity contribution >= 4 is 31.9 Å². The Morgan fingerprint density at radius 1 is 1.04 bits per heavy atom. The second kappa shape index (κ2) is 5.24. The predicted molar refractivity (Wildman–Crippen MR) is 92.4 cm³/mol. The van der Waals surface area contributed by atoms with Crippen LogP contribution in [0.25, 0.3) is 26.3 Å². The highest BCUT2D eigenvalue weighted by Gasteiger charge is 2.19. The average molecular weight is 322 g/mol. The van der Waals surface area contributed by atoms with Gasteiger partial charge in [-0.25, -0.2) is 15.0 Å². The van der Waals surface area contributed by atoms with E-state index < -0.39 is 0 Å². The van der Waals surface area contributed by atoms with E-state index in [1.165, 1.54) is 11.3 Å². The van der Waals surface area contributed by atoms with Gasteiger partial charge in [0, 0.05) is 18.3 Å². The van der Waals surface area contributed by atoms with Crippen LogP contribution in [0.4, 0.5) is 0 Å². The van der Waals surface area contributed by atoms with Crippen molar-refractivity contribution in [3.63, 3.8) is 0 Å². The zero-order valence-electron chi connectivity index (χ0n) is 12.7. The summed E-state index contributed by atoms with van der Waals surface area (Å²) in [6.07, 6.45) is 3.27. The maximum Gasteiger partial charge on any atom is 0.276 e. The van der Waals surface area contributed by atoms with Crippen LogP contribution in [-0.2, 0) is 0 Å². The van der Waals surface area contributed by atoms with Gasteiger partial charge in [-0.1, -0.05) is 32.0 Å². The summed E-state index contributed by atoms with van der Waals surface area (Å²) in [5.41, 5.74) is 2.12. The second-order valence-electron chi connectivity index (χ2n) is 5.59. The molecular formula is C17H14N4OS. The van der Waals surface area contributed by atoms with Gasteiger partial charge in [-0.15, -0.1) is 11.3 Å². The SMILES string of the molecule is CC(C)c1nc2c(sc3nccnc32)c(=O)n1-c1ccccc1. The summed E-state index contributed by atoms with van der Waals surface area (Å²) in [7, 11) is 0. The van der Waals surface area contributed by atoms with E-state index in [0.717, 1.165) is 16.3 Å². The molecule has 6 heteroatoms. The van der Waals surface area contributed by atoms with Gasteiger partial charge < -0.3 is 0 Å². The fourth-order valence-electron chi connectivity index (χ4n) is 2.65. The Bertz CT molecular complexity index is 1070. The maximum absolute atomic E-state index is 13.1. The van der Waals surface area contributed by atoms with Crippen LogP contribution in [0, 0.1) is 0 Å². The van der Waals surface area contributed by atoms with Gasteiger partial charge in [-0.2, -0.15) is 0 Å². The molecule has 1 aromatic carbocycles. The van der Waals surface area contributed by atoms with Gasteiger partial charge in [0.1, 0.15) is 26.4 Å². The lowest BCUT2D eigenvalue weighted by Crippen LogP contribution is -2.23. The third-order valence-electron chi connectivity index (χ3n) is 3.69. The normalized spacial score (nSPS) is 11.6. The van der Waals surface area contributed by atoms with Crippen LogP contribution < -0.4 is 5.56 Å². The van der Waals surface area contributed by atoms with Crippen molar-refractivity contribution in [1.29, 1.82) is 0 Å². The van der Waals surface area contributed by atoms with Crippen molar-refractivity contribution < 1.29 is 0 Å². The number of nitrogens with zero attached hydrogens (tertiary/aromatic N) is 4. The molecule has 4 rings (SSSR count). The van der Waals surface area contributed by atoms with Gasteiger partial charge in [0.05, 0.1) is 5.69 Å². The van der Waals surface area contributed by atoms with Gasteiger partial charge in [0.25, 0.3) is 5.56 Å². The second-order valence-corrected chi connectivity index (χ2v) is 6.59. The minimum absolute atomic E-state index is 0.0605. The molecular weight excluding hydrogens is 308 g/mol. The first-order valence-corrected chi connectivity index (χ1v) is 8.20. The summed E-state index contributed by atoms with van der Waals surface area (Å²) in [6, 6.07) is 9.62. The topological polar surface area (TPSA) is 60.7 Å². The zero-order chi connectivity index (χ0) is 16.0. The van der Waals surface area contributed by atoms with E-state index in [9.17, 15) is 4.79 Å². The van der Waals surface area contributed by atoms with Gasteiger partial charge in [0.15, 0.2) is 0 Å². The van der Waals surface area contributed by atoms with Crippen LogP contribution in [0.5, 0.6) is 0 Å². The molecule has 4 aromatic rings. The average Bonchev–Trinajstić information content (AvgIpc) is 2.95. The van der Waals surface area contributed by atoms with Crippen LogP contribution in [0.1, 0.15) is 25.6 Å². The van der Waals surface area contributed by atoms with Crippen molar-refractivity contribution in [1.82, 2.24) is 19.5 Å². The molecule has 0 amide bonds. The molecule has 0 radical (unpaired) electrons. The van der Waals surface area contributed by atoms with Crippen molar-refractivity contribution in [2.45, 2.75) is 19.8 Å². The number of aromatic nitrogens is 4. The van der Waals surface area contributed by atoms with E-state index in [0.29, 0.717) is 15.7 Å². The molecule has 0 atom stereocenters. The van der Waals surface area contributed by atoms with Crippen LogP contribution in [0.3, 0.4) is 0 Å². The van der Waals surface area contributed by atoms with Gasteiger partial charge in [-0.05, 0) is 12.1 Å². The summed E-state index contributed by atoms with van der Waals surface area (Å²) >= 11 is 1.35. The molecule has 0 aliphatic heterocycles. The smallest absolute Gasteiger partial charge is 0.267 e. The Hall–Kier alpha value is -2.60. The lowest BCUT2D eigenvalue weighted by atomic mass is 10.2. The Balaban J connectivity index is 2.18. The quantitative estimate of drug-likeness (QED) is 0.566. The summed E-state index contributed by atoms with van der Waals surface area (Å²) < 4.78 is 2.29. The molecule has 0 saturated carbocycles. The lowest BCUT2D eigenvalue weighted by Gasteiger charge is -2.14. The van der Waals surface area contributed by atoms with E-state index >= 15 is 0 Å². The largest absolute Gasteiger partial charge is 0.276 e. The molecule has 0 fully saturated rings. The molecule has 3 heterocycles. The summed E-state index contributed by atoms with van der Waals surface area (Å²) in [5, 5.41) is 0. The Morgan fingerprint density at radius 3 is 2.52 bits per heavy atom. The van der Waals surface area contributed by atoms with Gasteiger partial charge in [0.2, 0.25) is 0 Å². The fraction of sp³-hybridized carbons (Fsp3) is 0.176. The molecule has 0 bridgehead atoms. The van der Waals surface area contributed by atoms with Crippen LogP contribution in [0.15, 0.2) is 47.5 Å². The molecule has 0 aliphatic carbocycles. The molecule has 3 aromatic heterocycles. The third-order valence-corrected chi connectivity index (χ3v) is 4.75. The molecule has 0 spiro atoms. The minimum atomic E-state index is -0.0605. The van der Waals surface area contributed by atoms with Crippen molar-refractivity contribution in [3.05, 3.63) is 58.9 Å². The number of hydrogen-bond donors (Lipinski definition) is 0. The van der Waals surface area contributed by atoms with Crippen molar-refractivity contribution in [2.75, 3.05) is 0 Å². The number of thiophene rings is 1. The maximum atomic E-state index is 13.1. The Morgan fingerprint density at radius 2 is 1.78 bits per heavy atom. The molecule has 23 heavy (non-hydrogen) atoms. The van der Waals surface area contributed by atoms with Gasteiger partial charge in [-0.3, -0.25) is 9.36 Å². The zero-order valence-corrected chi connectivity index (χ0v) is 13.5. The highest BCUT2D eigenvalue weighted by Crippen LogP contribution is 2.29. The predicted octanol–water partition coefficient (Wildman–Crippen LogP) is 3.51. The summed E-state index contributed by atoms with van der Waals surface area (Å²) in [4.78, 5) is 27.3. The van der Waals surface area contributed by atoms with Crippen molar-refractivity contribution in [3.8, 4) is 5.69 Å². The lowest BCUT2D eigenvalue weighted by molar-refractivity contribution is 0.724. The number of benzene rings is 1. The first-order valence-electron chi connectivity index (χ1n) is 7.38. The number of rotatable bonds is 2. The summed E-state index contributed by atoms with van der Waals surface area (Å²) in [6.45, 7) is 4.07.